The maximum absolute atomic E-state index is 4.31. The lowest BCUT2D eigenvalue weighted by atomic mass is 9.89. The van der Waals surface area contributed by atoms with Crippen LogP contribution >= 0.6 is 0 Å². The first-order valence-corrected chi connectivity index (χ1v) is 7.45. The topological polar surface area (TPSA) is 29.9 Å². The molecular weight excluding hydrogens is 222 g/mol. The number of aromatic nitrogens is 2. The summed E-state index contributed by atoms with van der Waals surface area (Å²) in [4.78, 5) is 4.31. The predicted molar refractivity (Wildman–Crippen MR) is 75.3 cm³/mol. The fourth-order valence-corrected chi connectivity index (χ4v) is 2.80. The Balaban J connectivity index is 1.82. The first-order chi connectivity index (χ1) is 8.75. The number of hydrogen-bond donors (Lipinski definition) is 1. The van der Waals surface area contributed by atoms with E-state index >= 15 is 0 Å². The van der Waals surface area contributed by atoms with Gasteiger partial charge in [0, 0.05) is 19.3 Å². The van der Waals surface area contributed by atoms with Gasteiger partial charge in [0.15, 0.2) is 0 Å². The Labute approximate surface area is 111 Å². The van der Waals surface area contributed by atoms with Gasteiger partial charge >= 0.3 is 0 Å². The van der Waals surface area contributed by atoms with Crippen LogP contribution in [0, 0.1) is 11.8 Å². The molecule has 102 valence electrons. The second kappa shape index (κ2) is 6.93. The van der Waals surface area contributed by atoms with Crippen molar-refractivity contribution >= 4 is 0 Å². The Kier molecular flexibility index (Phi) is 5.24. The van der Waals surface area contributed by atoms with Gasteiger partial charge < -0.3 is 9.88 Å². The molecule has 0 unspecified atom stereocenters. The van der Waals surface area contributed by atoms with Gasteiger partial charge in [-0.2, -0.15) is 0 Å². The molecule has 0 amide bonds. The van der Waals surface area contributed by atoms with Crippen LogP contribution in [0.3, 0.4) is 0 Å². The lowest BCUT2D eigenvalue weighted by Gasteiger charge is -2.22. The average Bonchev–Trinajstić information content (AvgIpc) is 2.78. The van der Waals surface area contributed by atoms with Crippen molar-refractivity contribution in [2.45, 2.75) is 59.0 Å². The van der Waals surface area contributed by atoms with Crippen LogP contribution in [-0.4, -0.2) is 16.1 Å². The van der Waals surface area contributed by atoms with Crippen LogP contribution in [0.4, 0.5) is 0 Å². The van der Waals surface area contributed by atoms with E-state index in [-0.39, 0.29) is 0 Å². The minimum absolute atomic E-state index is 0.708. The summed E-state index contributed by atoms with van der Waals surface area (Å²) in [7, 11) is 0. The molecule has 0 saturated heterocycles. The molecule has 2 rings (SSSR count). The molecule has 1 aliphatic rings. The Bertz CT molecular complexity index is 337. The molecule has 0 atom stereocenters. The Morgan fingerprint density at radius 3 is 2.83 bits per heavy atom. The van der Waals surface area contributed by atoms with Crippen LogP contribution in [-0.2, 0) is 13.1 Å². The van der Waals surface area contributed by atoms with Gasteiger partial charge in [0.2, 0.25) is 0 Å². The van der Waals surface area contributed by atoms with Gasteiger partial charge in [-0.3, -0.25) is 0 Å². The fraction of sp³-hybridized carbons (Fsp3) is 0.800. The maximum Gasteiger partial charge on any atom is 0.0948 e. The van der Waals surface area contributed by atoms with Gasteiger partial charge in [0.25, 0.3) is 0 Å². The molecular formula is C15H27N3. The van der Waals surface area contributed by atoms with Crippen molar-refractivity contribution in [3.63, 3.8) is 0 Å². The van der Waals surface area contributed by atoms with E-state index in [1.165, 1.54) is 44.3 Å². The van der Waals surface area contributed by atoms with Gasteiger partial charge in [0.05, 0.1) is 12.0 Å². The molecule has 1 aromatic heterocycles. The minimum Gasteiger partial charge on any atom is -0.333 e. The monoisotopic (exact) mass is 249 g/mol. The van der Waals surface area contributed by atoms with Crippen molar-refractivity contribution in [1.82, 2.24) is 14.9 Å². The molecule has 1 aliphatic carbocycles. The summed E-state index contributed by atoms with van der Waals surface area (Å²) < 4.78 is 2.35. The third-order valence-corrected chi connectivity index (χ3v) is 3.84. The lowest BCUT2D eigenvalue weighted by Crippen LogP contribution is -2.22. The molecule has 0 radical (unpaired) electrons. The molecule has 1 fully saturated rings. The molecule has 1 saturated carbocycles. The average molecular weight is 249 g/mol. The van der Waals surface area contributed by atoms with Gasteiger partial charge in [0.1, 0.15) is 0 Å². The fourth-order valence-electron chi connectivity index (χ4n) is 2.80. The molecule has 3 nitrogen and oxygen atoms in total. The van der Waals surface area contributed by atoms with E-state index in [1.807, 2.05) is 12.5 Å². The molecule has 0 aliphatic heterocycles. The molecule has 1 heterocycles. The number of nitrogens with zero attached hydrogens (tertiary/aromatic N) is 2. The normalized spacial score (nSPS) is 17.5. The highest BCUT2D eigenvalue weighted by Crippen LogP contribution is 2.25. The smallest absolute Gasteiger partial charge is 0.0948 e. The standard InChI is InChI=1S/C15H27N3/c1-13(2)8-16-9-15-10-17-12-18(15)11-14-6-4-3-5-7-14/h10,12-14,16H,3-9,11H2,1-2H3. The quantitative estimate of drug-likeness (QED) is 0.839. The summed E-state index contributed by atoms with van der Waals surface area (Å²) in [5.41, 5.74) is 1.33. The van der Waals surface area contributed by atoms with E-state index in [9.17, 15) is 0 Å². The molecule has 18 heavy (non-hydrogen) atoms. The number of rotatable bonds is 6. The van der Waals surface area contributed by atoms with Crippen molar-refractivity contribution in [2.24, 2.45) is 11.8 Å². The molecule has 0 aromatic carbocycles. The highest BCUT2D eigenvalue weighted by molar-refractivity contribution is 4.98. The summed E-state index contributed by atoms with van der Waals surface area (Å²) >= 11 is 0. The summed E-state index contributed by atoms with van der Waals surface area (Å²) in [5.74, 6) is 1.58. The highest BCUT2D eigenvalue weighted by Gasteiger charge is 2.15. The third-order valence-electron chi connectivity index (χ3n) is 3.84. The zero-order chi connectivity index (χ0) is 12.8. The van der Waals surface area contributed by atoms with Crippen LogP contribution in [0.15, 0.2) is 12.5 Å². The molecule has 0 spiro atoms. The van der Waals surface area contributed by atoms with Crippen molar-refractivity contribution in [3.8, 4) is 0 Å². The molecule has 3 heteroatoms. The SMILES string of the molecule is CC(C)CNCc1cncn1CC1CCCCC1. The van der Waals surface area contributed by atoms with Gasteiger partial charge in [-0.25, -0.2) is 4.98 Å². The van der Waals surface area contributed by atoms with E-state index < -0.39 is 0 Å². The maximum atomic E-state index is 4.31. The minimum atomic E-state index is 0.708. The Morgan fingerprint density at radius 1 is 1.33 bits per heavy atom. The van der Waals surface area contributed by atoms with Crippen molar-refractivity contribution in [1.29, 1.82) is 0 Å². The summed E-state index contributed by atoms with van der Waals surface area (Å²) in [5, 5.41) is 3.50. The van der Waals surface area contributed by atoms with E-state index in [1.54, 1.807) is 0 Å². The van der Waals surface area contributed by atoms with E-state index in [4.69, 9.17) is 0 Å². The van der Waals surface area contributed by atoms with Crippen LogP contribution in [0.1, 0.15) is 51.6 Å². The van der Waals surface area contributed by atoms with Crippen LogP contribution in [0.5, 0.6) is 0 Å². The molecule has 0 bridgehead atoms. The summed E-state index contributed by atoms with van der Waals surface area (Å²) in [6.45, 7) is 7.68. The van der Waals surface area contributed by atoms with Gasteiger partial charge in [-0.15, -0.1) is 0 Å². The van der Waals surface area contributed by atoms with Crippen LogP contribution in [0.25, 0.3) is 0 Å². The molecule has 1 N–H and O–H groups in total. The van der Waals surface area contributed by atoms with E-state index in [0.29, 0.717) is 5.92 Å². The first-order valence-electron chi connectivity index (χ1n) is 7.45. The predicted octanol–water partition coefficient (Wildman–Crippen LogP) is 3.21. The molecule has 1 aromatic rings. The van der Waals surface area contributed by atoms with Crippen molar-refractivity contribution < 1.29 is 0 Å². The van der Waals surface area contributed by atoms with Crippen molar-refractivity contribution in [2.75, 3.05) is 6.54 Å². The van der Waals surface area contributed by atoms with E-state index in [0.717, 1.165) is 19.0 Å². The Hall–Kier alpha value is -0.830. The van der Waals surface area contributed by atoms with Crippen LogP contribution in [0.2, 0.25) is 0 Å². The second-order valence-electron chi connectivity index (χ2n) is 6.07. The first kappa shape index (κ1) is 13.6. The highest BCUT2D eigenvalue weighted by atomic mass is 15.1. The van der Waals surface area contributed by atoms with E-state index in [2.05, 4.69) is 28.7 Å². The Morgan fingerprint density at radius 2 is 2.11 bits per heavy atom. The number of imidazole rings is 1. The zero-order valence-electron chi connectivity index (χ0n) is 11.9. The van der Waals surface area contributed by atoms with Crippen LogP contribution < -0.4 is 5.32 Å². The summed E-state index contributed by atoms with van der Waals surface area (Å²) in [6, 6.07) is 0. The third kappa shape index (κ3) is 4.13. The van der Waals surface area contributed by atoms with Crippen molar-refractivity contribution in [3.05, 3.63) is 18.2 Å². The largest absolute Gasteiger partial charge is 0.333 e. The zero-order valence-corrected chi connectivity index (χ0v) is 11.9. The lowest BCUT2D eigenvalue weighted by molar-refractivity contribution is 0.315. The van der Waals surface area contributed by atoms with Gasteiger partial charge in [-0.1, -0.05) is 33.1 Å². The summed E-state index contributed by atoms with van der Waals surface area (Å²) in [6.07, 6.45) is 11.1. The van der Waals surface area contributed by atoms with Gasteiger partial charge in [-0.05, 0) is 31.2 Å². The number of hydrogen-bond acceptors (Lipinski definition) is 2. The second-order valence-corrected chi connectivity index (χ2v) is 6.07. The number of nitrogens with one attached hydrogen (secondary N) is 1.